The molecule has 132 valence electrons. The van der Waals surface area contributed by atoms with Crippen molar-refractivity contribution in [3.8, 4) is 5.75 Å². The molecule has 0 amide bonds. The molecule has 1 aromatic rings. The molecule has 3 nitrogen and oxygen atoms in total. The Kier molecular flexibility index (Phi) is 2.46. The minimum Gasteiger partial charge on any atom is -0.488 e. The van der Waals surface area contributed by atoms with Crippen LogP contribution in [0.1, 0.15) is 36.5 Å². The summed E-state index contributed by atoms with van der Waals surface area (Å²) >= 11 is 0. The van der Waals surface area contributed by atoms with Crippen molar-refractivity contribution in [2.45, 2.75) is 50.7 Å². The third kappa shape index (κ3) is 1.26. The van der Waals surface area contributed by atoms with Crippen LogP contribution in [0.3, 0.4) is 0 Å². The van der Waals surface area contributed by atoms with Crippen LogP contribution in [0.5, 0.6) is 5.75 Å². The zero-order valence-corrected chi connectivity index (χ0v) is 15.4. The fourth-order valence-corrected chi connectivity index (χ4v) is 7.62. The van der Waals surface area contributed by atoms with Gasteiger partial charge < -0.3 is 14.7 Å². The van der Waals surface area contributed by atoms with Crippen LogP contribution in [0.15, 0.2) is 24.3 Å². The van der Waals surface area contributed by atoms with Gasteiger partial charge in [0, 0.05) is 22.4 Å². The van der Waals surface area contributed by atoms with Gasteiger partial charge in [-0.2, -0.15) is 0 Å². The normalized spacial score (nSPS) is 48.4. The van der Waals surface area contributed by atoms with Gasteiger partial charge in [0.25, 0.3) is 0 Å². The number of aliphatic hydroxyl groups excluding tert-OH is 1. The van der Waals surface area contributed by atoms with Crippen molar-refractivity contribution >= 4 is 0 Å². The quantitative estimate of drug-likeness (QED) is 0.800. The summed E-state index contributed by atoms with van der Waals surface area (Å²) in [4.78, 5) is 2.59. The van der Waals surface area contributed by atoms with E-state index < -0.39 is 0 Å². The molecule has 6 aliphatic rings. The SMILES string of the molecule is Cc1ccc2c3c1O[C@H]1C4(CO)C=CC5(C[C@@H]4C)C(C2)N(C)CCC315. The first-order chi connectivity index (χ1) is 12.0. The summed E-state index contributed by atoms with van der Waals surface area (Å²) < 4.78 is 6.81. The minimum atomic E-state index is -0.234. The van der Waals surface area contributed by atoms with E-state index in [0.29, 0.717) is 12.0 Å². The van der Waals surface area contributed by atoms with Gasteiger partial charge in [-0.3, -0.25) is 0 Å². The van der Waals surface area contributed by atoms with Gasteiger partial charge in [-0.15, -0.1) is 0 Å². The molecule has 1 N–H and O–H groups in total. The Morgan fingerprint density at radius 1 is 1.32 bits per heavy atom. The van der Waals surface area contributed by atoms with Gasteiger partial charge in [0.15, 0.2) is 0 Å². The molecule has 4 bridgehead atoms. The maximum atomic E-state index is 10.5. The number of fused-ring (bicyclic) bond motifs is 1. The molecule has 3 heteroatoms. The molecule has 1 saturated carbocycles. The van der Waals surface area contributed by atoms with E-state index in [0.717, 1.165) is 25.1 Å². The van der Waals surface area contributed by atoms with Gasteiger partial charge in [0.05, 0.1) is 12.0 Å². The fourth-order valence-electron chi connectivity index (χ4n) is 7.62. The van der Waals surface area contributed by atoms with Crippen LogP contribution in [0, 0.1) is 23.7 Å². The average molecular weight is 337 g/mol. The Morgan fingerprint density at radius 2 is 2.16 bits per heavy atom. The van der Waals surface area contributed by atoms with E-state index in [4.69, 9.17) is 4.74 Å². The van der Waals surface area contributed by atoms with E-state index in [1.165, 1.54) is 23.1 Å². The maximum absolute atomic E-state index is 10.5. The van der Waals surface area contributed by atoms with E-state index in [1.807, 2.05) is 0 Å². The minimum absolute atomic E-state index is 0.0586. The second kappa shape index (κ2) is 4.15. The van der Waals surface area contributed by atoms with Crippen LogP contribution >= 0.6 is 0 Å². The lowest BCUT2D eigenvalue weighted by atomic mass is 9.35. The van der Waals surface area contributed by atoms with Gasteiger partial charge in [0.2, 0.25) is 0 Å². The van der Waals surface area contributed by atoms with E-state index >= 15 is 0 Å². The Labute approximate surface area is 149 Å². The Bertz CT molecular complexity index is 832. The lowest BCUT2D eigenvalue weighted by Crippen LogP contribution is -2.76. The zero-order chi connectivity index (χ0) is 17.2. The molecular formula is C22H27NO2. The molecule has 7 rings (SSSR count). The number of benzene rings is 1. The summed E-state index contributed by atoms with van der Waals surface area (Å²) in [6.45, 7) is 5.83. The standard InChI is InChI=1S/C22H27NO2/c1-13-4-5-15-10-16-21-7-6-20(12-24,14(2)11-21)19-22(21,8-9-23(16)3)17(15)18(13)25-19/h4-7,14,16,19,24H,8-12H2,1-3H3/t14-,16?,19-,20?,21?,22?/m0/s1. The van der Waals surface area contributed by atoms with Crippen molar-refractivity contribution in [3.05, 3.63) is 41.0 Å². The van der Waals surface area contributed by atoms with Gasteiger partial charge >= 0.3 is 0 Å². The predicted molar refractivity (Wildman–Crippen MR) is 96.9 cm³/mol. The molecular weight excluding hydrogens is 310 g/mol. The largest absolute Gasteiger partial charge is 0.488 e. The highest BCUT2D eigenvalue weighted by atomic mass is 16.5. The Morgan fingerprint density at radius 3 is 2.92 bits per heavy atom. The van der Waals surface area contributed by atoms with Crippen molar-refractivity contribution in [3.63, 3.8) is 0 Å². The number of ether oxygens (including phenoxy) is 1. The Balaban J connectivity index is 1.75. The van der Waals surface area contributed by atoms with Crippen LogP contribution in [-0.2, 0) is 11.8 Å². The summed E-state index contributed by atoms with van der Waals surface area (Å²) in [6.07, 6.45) is 8.40. The van der Waals surface area contributed by atoms with Gasteiger partial charge in [-0.05, 0) is 56.8 Å². The van der Waals surface area contributed by atoms with E-state index in [1.54, 1.807) is 0 Å². The summed E-state index contributed by atoms with van der Waals surface area (Å²) in [7, 11) is 2.30. The van der Waals surface area contributed by atoms with E-state index in [-0.39, 0.29) is 29.0 Å². The first-order valence-electron chi connectivity index (χ1n) is 9.81. The van der Waals surface area contributed by atoms with Crippen molar-refractivity contribution in [1.29, 1.82) is 0 Å². The van der Waals surface area contributed by atoms with Gasteiger partial charge in [0.1, 0.15) is 11.9 Å². The molecule has 2 fully saturated rings. The molecule has 2 aliphatic heterocycles. The number of aliphatic hydroxyl groups is 1. The number of nitrogens with zero attached hydrogens (tertiary/aromatic N) is 1. The molecule has 1 saturated heterocycles. The second-order valence-electron chi connectivity index (χ2n) is 9.41. The molecule has 4 aliphatic carbocycles. The highest BCUT2D eigenvalue weighted by Gasteiger charge is 2.77. The summed E-state index contributed by atoms with van der Waals surface area (Å²) in [5.41, 5.74) is 4.25. The van der Waals surface area contributed by atoms with E-state index in [9.17, 15) is 5.11 Å². The smallest absolute Gasteiger partial charge is 0.126 e. The molecule has 6 atom stereocenters. The highest BCUT2D eigenvalue weighted by molar-refractivity contribution is 5.62. The van der Waals surface area contributed by atoms with Crippen LogP contribution in [0.2, 0.25) is 0 Å². The van der Waals surface area contributed by atoms with Crippen molar-refractivity contribution in [1.82, 2.24) is 4.90 Å². The number of likely N-dealkylation sites (tertiary alicyclic amines) is 1. The first kappa shape index (κ1) is 14.8. The Hall–Kier alpha value is -1.32. The van der Waals surface area contributed by atoms with Gasteiger partial charge in [-0.1, -0.05) is 31.2 Å². The summed E-state index contributed by atoms with van der Waals surface area (Å²) in [5, 5.41) is 10.5. The lowest BCUT2D eigenvalue weighted by molar-refractivity contribution is -0.177. The molecule has 0 radical (unpaired) electrons. The number of likely N-dealkylation sites (N-methyl/N-ethyl adjacent to an activating group) is 1. The van der Waals surface area contributed by atoms with E-state index in [2.05, 4.69) is 50.1 Å². The van der Waals surface area contributed by atoms with Crippen LogP contribution < -0.4 is 4.74 Å². The topological polar surface area (TPSA) is 32.7 Å². The average Bonchev–Trinajstić information content (AvgIpc) is 2.97. The highest BCUT2D eigenvalue weighted by Crippen LogP contribution is 2.75. The van der Waals surface area contributed by atoms with Crippen molar-refractivity contribution in [2.24, 2.45) is 16.7 Å². The van der Waals surface area contributed by atoms with Crippen LogP contribution in [0.25, 0.3) is 0 Å². The molecule has 2 heterocycles. The lowest BCUT2D eigenvalue weighted by Gasteiger charge is -2.71. The first-order valence-corrected chi connectivity index (χ1v) is 9.81. The van der Waals surface area contributed by atoms with Crippen molar-refractivity contribution < 1.29 is 9.84 Å². The van der Waals surface area contributed by atoms with Crippen LogP contribution in [0.4, 0.5) is 0 Å². The molecule has 0 aromatic heterocycles. The second-order valence-corrected chi connectivity index (χ2v) is 9.41. The molecule has 2 spiro atoms. The van der Waals surface area contributed by atoms with Gasteiger partial charge in [-0.25, -0.2) is 0 Å². The molecule has 25 heavy (non-hydrogen) atoms. The monoisotopic (exact) mass is 337 g/mol. The number of aryl methyl sites for hydroxylation is 1. The summed E-state index contributed by atoms with van der Waals surface area (Å²) in [6, 6.07) is 5.13. The molecule has 1 aromatic carbocycles. The van der Waals surface area contributed by atoms with Crippen molar-refractivity contribution in [2.75, 3.05) is 20.2 Å². The third-order valence-electron chi connectivity index (χ3n) is 8.81. The number of rotatable bonds is 1. The number of hydrogen-bond donors (Lipinski definition) is 1. The number of hydrogen-bond acceptors (Lipinski definition) is 3. The number of piperidine rings is 1. The fraction of sp³-hybridized carbons (Fsp3) is 0.636. The maximum Gasteiger partial charge on any atom is 0.126 e. The third-order valence-corrected chi connectivity index (χ3v) is 8.81. The predicted octanol–water partition coefficient (Wildman–Crippen LogP) is 2.83. The molecule has 4 unspecified atom stereocenters. The van der Waals surface area contributed by atoms with Crippen LogP contribution in [-0.4, -0.2) is 42.4 Å². The zero-order valence-electron chi connectivity index (χ0n) is 15.4. The summed E-state index contributed by atoms with van der Waals surface area (Å²) in [5.74, 6) is 1.59.